The van der Waals surface area contributed by atoms with Gasteiger partial charge < -0.3 is 4.42 Å². The summed E-state index contributed by atoms with van der Waals surface area (Å²) in [6.07, 6.45) is 0. The van der Waals surface area contributed by atoms with Gasteiger partial charge in [-0.2, -0.15) is 0 Å². The van der Waals surface area contributed by atoms with E-state index in [0.717, 1.165) is 0 Å². The molecular formula is C38H24O. The summed E-state index contributed by atoms with van der Waals surface area (Å²) >= 11 is 0. The van der Waals surface area contributed by atoms with Crippen molar-refractivity contribution in [3.05, 3.63) is 145 Å². The van der Waals surface area contributed by atoms with Gasteiger partial charge in [0.05, 0.1) is 15.1 Å². The predicted molar refractivity (Wildman–Crippen MR) is 165 cm³/mol. The third kappa shape index (κ3) is 3.41. The van der Waals surface area contributed by atoms with Crippen LogP contribution in [0, 0.1) is 0 Å². The van der Waals surface area contributed by atoms with Gasteiger partial charge in [0.2, 0.25) is 0 Å². The van der Waals surface area contributed by atoms with Crippen LogP contribution in [0.25, 0.3) is 76.9 Å². The second-order valence-electron chi connectivity index (χ2n) is 9.22. The van der Waals surface area contributed by atoms with E-state index in [1.54, 1.807) is 72.8 Å². The van der Waals surface area contributed by atoms with Crippen molar-refractivity contribution >= 4 is 43.5 Å². The number of benzene rings is 7. The van der Waals surface area contributed by atoms with E-state index in [-0.39, 0.29) is 87.0 Å². The summed E-state index contributed by atoms with van der Waals surface area (Å²) < 4.78 is 103. The van der Waals surface area contributed by atoms with Crippen LogP contribution in [0.5, 0.6) is 0 Å². The average molecular weight is 508 g/mol. The zero-order chi connectivity index (χ0) is 35.3. The van der Waals surface area contributed by atoms with E-state index < -0.39 is 18.1 Å². The SMILES string of the molecule is [2H]c1c([2H])c([2H])c(-c2c3ccccc3c(-c3c([2H])c([2H])c4oc5c([2H])c([2H])c([2H])c(-c6ccccc6)c5c4c3[2H])c3ccccc23)c([2H])c1[2H]. The fourth-order valence-corrected chi connectivity index (χ4v) is 5.44. The second kappa shape index (κ2) is 8.72. The standard InChI is InChI=1S/C38H24O/c1-3-12-25(13-4-1)28-20-11-21-35-38(28)33-24-27(22-23-34(33)39-35)37-31-18-9-7-16-29(31)36(26-14-5-2-6-15-26)30-17-8-10-19-32(30)37/h1-24H/i2D,5D,6D,11D,14D,15D,20D,21D,22D,23D,24D. The molecule has 0 aliphatic rings. The van der Waals surface area contributed by atoms with E-state index in [2.05, 4.69) is 0 Å². The topological polar surface area (TPSA) is 13.1 Å². The van der Waals surface area contributed by atoms with Crippen molar-refractivity contribution in [1.82, 2.24) is 0 Å². The van der Waals surface area contributed by atoms with Crippen LogP contribution in [0.3, 0.4) is 0 Å². The molecular weight excluding hydrogens is 472 g/mol. The molecule has 0 saturated carbocycles. The van der Waals surface area contributed by atoms with E-state index in [0.29, 0.717) is 38.2 Å². The predicted octanol–water partition coefficient (Wildman–Crippen LogP) is 10.9. The Morgan fingerprint density at radius 3 is 1.72 bits per heavy atom. The molecule has 0 atom stereocenters. The monoisotopic (exact) mass is 507 g/mol. The summed E-state index contributed by atoms with van der Waals surface area (Å²) in [7, 11) is 0. The molecule has 0 spiro atoms. The lowest BCUT2D eigenvalue weighted by atomic mass is 9.85. The molecule has 0 unspecified atom stereocenters. The Kier molecular flexibility index (Phi) is 3.04. The van der Waals surface area contributed by atoms with E-state index in [1.807, 2.05) is 6.07 Å². The second-order valence-corrected chi connectivity index (χ2v) is 9.22. The van der Waals surface area contributed by atoms with Crippen LogP contribution in [0.1, 0.15) is 15.1 Å². The van der Waals surface area contributed by atoms with Crippen molar-refractivity contribution in [2.75, 3.05) is 0 Å². The van der Waals surface area contributed by atoms with Crippen molar-refractivity contribution < 1.29 is 19.5 Å². The van der Waals surface area contributed by atoms with Gasteiger partial charge in [-0.05, 0) is 73.1 Å². The molecule has 0 aliphatic heterocycles. The number of furan rings is 1. The molecule has 1 heteroatoms. The Balaban J connectivity index is 1.59. The molecule has 7 aromatic carbocycles. The Hall–Kier alpha value is -5.14. The van der Waals surface area contributed by atoms with Crippen molar-refractivity contribution in [3.63, 3.8) is 0 Å². The summed E-state index contributed by atoms with van der Waals surface area (Å²) in [4.78, 5) is 0. The molecule has 1 aromatic heterocycles. The number of fused-ring (bicyclic) bond motifs is 5. The number of hydrogen-bond donors (Lipinski definition) is 0. The number of rotatable bonds is 3. The molecule has 8 rings (SSSR count). The molecule has 1 nitrogen and oxygen atoms in total. The lowest BCUT2D eigenvalue weighted by molar-refractivity contribution is 0.669. The van der Waals surface area contributed by atoms with Gasteiger partial charge in [0.1, 0.15) is 11.2 Å². The Bertz CT molecular complexity index is 2680. The van der Waals surface area contributed by atoms with Gasteiger partial charge >= 0.3 is 0 Å². The lowest BCUT2D eigenvalue weighted by Crippen LogP contribution is -1.90. The third-order valence-electron chi connectivity index (χ3n) is 7.07. The first-order valence-corrected chi connectivity index (χ1v) is 12.5. The molecule has 8 aromatic rings. The summed E-state index contributed by atoms with van der Waals surface area (Å²) in [5, 5.41) is 2.48. The van der Waals surface area contributed by atoms with Crippen LogP contribution in [0.15, 0.2) is 150 Å². The minimum absolute atomic E-state index is 0.0225. The largest absolute Gasteiger partial charge is 0.456 e. The van der Waals surface area contributed by atoms with Crippen LogP contribution >= 0.6 is 0 Å². The smallest absolute Gasteiger partial charge is 0.136 e. The Labute approximate surface area is 242 Å². The van der Waals surface area contributed by atoms with Crippen molar-refractivity contribution in [3.8, 4) is 33.4 Å². The van der Waals surface area contributed by atoms with Gasteiger partial charge in [-0.25, -0.2) is 0 Å². The molecule has 0 bridgehead atoms. The average Bonchev–Trinajstić information content (AvgIpc) is 3.53. The third-order valence-corrected chi connectivity index (χ3v) is 7.07. The minimum atomic E-state index is -0.505. The molecule has 0 N–H and O–H groups in total. The first-order chi connectivity index (χ1) is 24.0. The highest BCUT2D eigenvalue weighted by Crippen LogP contribution is 2.45. The van der Waals surface area contributed by atoms with Gasteiger partial charge in [0.15, 0.2) is 0 Å². The lowest BCUT2D eigenvalue weighted by Gasteiger charge is -2.17. The molecule has 0 radical (unpaired) electrons. The van der Waals surface area contributed by atoms with Gasteiger partial charge in [-0.3, -0.25) is 0 Å². The highest BCUT2D eigenvalue weighted by molar-refractivity contribution is 6.22. The maximum Gasteiger partial charge on any atom is 0.136 e. The van der Waals surface area contributed by atoms with Gasteiger partial charge in [-0.15, -0.1) is 0 Å². The summed E-state index contributed by atoms with van der Waals surface area (Å²) in [5.41, 5.74) is 1.66. The summed E-state index contributed by atoms with van der Waals surface area (Å²) in [6.45, 7) is 0. The van der Waals surface area contributed by atoms with Crippen LogP contribution < -0.4 is 0 Å². The molecule has 0 aliphatic carbocycles. The van der Waals surface area contributed by atoms with E-state index >= 15 is 0 Å². The van der Waals surface area contributed by atoms with Crippen molar-refractivity contribution in [1.29, 1.82) is 0 Å². The highest BCUT2D eigenvalue weighted by Gasteiger charge is 2.18. The highest BCUT2D eigenvalue weighted by atomic mass is 16.3. The summed E-state index contributed by atoms with van der Waals surface area (Å²) in [5.74, 6) is 0. The van der Waals surface area contributed by atoms with Crippen LogP contribution in [0.2, 0.25) is 0 Å². The Morgan fingerprint density at radius 1 is 0.436 bits per heavy atom. The molecule has 0 saturated heterocycles. The number of hydrogen-bond acceptors (Lipinski definition) is 1. The molecule has 182 valence electrons. The fraction of sp³-hybridized carbons (Fsp3) is 0. The van der Waals surface area contributed by atoms with Crippen molar-refractivity contribution in [2.45, 2.75) is 0 Å². The van der Waals surface area contributed by atoms with E-state index in [9.17, 15) is 2.74 Å². The van der Waals surface area contributed by atoms with Gasteiger partial charge in [0, 0.05) is 10.8 Å². The molecule has 0 fully saturated rings. The van der Waals surface area contributed by atoms with Crippen LogP contribution in [-0.2, 0) is 0 Å². The molecule has 39 heavy (non-hydrogen) atoms. The maximum absolute atomic E-state index is 9.72. The molecule has 0 amide bonds. The Morgan fingerprint density at radius 2 is 1.05 bits per heavy atom. The normalized spacial score (nSPS) is 15.5. The minimum Gasteiger partial charge on any atom is -0.456 e. The van der Waals surface area contributed by atoms with Crippen LogP contribution in [0.4, 0.5) is 0 Å². The van der Waals surface area contributed by atoms with Gasteiger partial charge in [0.25, 0.3) is 0 Å². The molecule has 1 heterocycles. The fourth-order valence-electron chi connectivity index (χ4n) is 5.44. The van der Waals surface area contributed by atoms with Crippen LogP contribution in [-0.4, -0.2) is 0 Å². The first kappa shape index (κ1) is 13.6. The van der Waals surface area contributed by atoms with Crippen molar-refractivity contribution in [2.24, 2.45) is 0 Å². The summed E-state index contributed by atoms with van der Waals surface area (Å²) in [6, 6.07) is 19.2. The zero-order valence-corrected chi connectivity index (χ0v) is 20.4. The van der Waals surface area contributed by atoms with Gasteiger partial charge in [-0.1, -0.05) is 127 Å². The zero-order valence-electron chi connectivity index (χ0n) is 31.4. The maximum atomic E-state index is 9.72. The quantitative estimate of drug-likeness (QED) is 0.217. The van der Waals surface area contributed by atoms with E-state index in [1.165, 1.54) is 0 Å². The van der Waals surface area contributed by atoms with E-state index in [4.69, 9.17) is 16.8 Å². The first-order valence-electron chi connectivity index (χ1n) is 18.0.